The summed E-state index contributed by atoms with van der Waals surface area (Å²) in [4.78, 5) is 26.4. The van der Waals surface area contributed by atoms with Crippen molar-refractivity contribution in [3.05, 3.63) is 63.6 Å². The number of hydrogen-bond donors (Lipinski definition) is 2. The molecule has 0 aliphatic carbocycles. The largest absolute Gasteiger partial charge is 0.351 e. The minimum atomic E-state index is -0.232. The van der Waals surface area contributed by atoms with Crippen molar-refractivity contribution in [3.63, 3.8) is 0 Å². The third kappa shape index (κ3) is 7.50. The molecule has 0 saturated carbocycles. The van der Waals surface area contributed by atoms with Crippen molar-refractivity contribution in [2.45, 2.75) is 26.8 Å². The predicted octanol–water partition coefficient (Wildman–Crippen LogP) is 4.27. The zero-order chi connectivity index (χ0) is 20.5. The van der Waals surface area contributed by atoms with Crippen LogP contribution < -0.4 is 10.6 Å². The van der Waals surface area contributed by atoms with Gasteiger partial charge in [-0.3, -0.25) is 14.5 Å². The fraction of sp³-hybridized carbons (Fsp3) is 0.333. The maximum Gasteiger partial charge on any atom is 0.238 e. The van der Waals surface area contributed by atoms with Crippen molar-refractivity contribution in [2.24, 2.45) is 0 Å². The number of hydrogen-bond acceptors (Lipinski definition) is 3. The van der Waals surface area contributed by atoms with E-state index in [4.69, 9.17) is 23.2 Å². The third-order valence-electron chi connectivity index (χ3n) is 4.09. The number of halogens is 2. The summed E-state index contributed by atoms with van der Waals surface area (Å²) in [7, 11) is 0. The van der Waals surface area contributed by atoms with Gasteiger partial charge >= 0.3 is 0 Å². The standard InChI is InChI=1S/C21H25Cl2N3O2/c1-3-10-26(13-20(27)24-12-16-6-4-15(2)5-7-16)14-21(28)25-19-9-8-17(22)11-18(19)23/h4-9,11H,3,10,12-14H2,1-2H3,(H,24,27)(H,25,28). The monoisotopic (exact) mass is 421 g/mol. The molecule has 2 N–H and O–H groups in total. The Morgan fingerprint density at radius 1 is 1.00 bits per heavy atom. The van der Waals surface area contributed by atoms with E-state index in [9.17, 15) is 9.59 Å². The highest BCUT2D eigenvalue weighted by Crippen LogP contribution is 2.25. The average molecular weight is 422 g/mol. The quantitative estimate of drug-likeness (QED) is 0.635. The number of nitrogens with one attached hydrogen (secondary N) is 2. The molecule has 0 spiro atoms. The van der Waals surface area contributed by atoms with Gasteiger partial charge in [-0.25, -0.2) is 0 Å². The number of anilines is 1. The molecule has 0 heterocycles. The topological polar surface area (TPSA) is 61.4 Å². The number of carbonyl (C=O) groups excluding carboxylic acids is 2. The summed E-state index contributed by atoms with van der Waals surface area (Å²) >= 11 is 12.0. The van der Waals surface area contributed by atoms with Crippen LogP contribution in [0.4, 0.5) is 5.69 Å². The molecule has 0 aliphatic rings. The highest BCUT2D eigenvalue weighted by Gasteiger charge is 2.15. The fourth-order valence-corrected chi connectivity index (χ4v) is 3.14. The van der Waals surface area contributed by atoms with Crippen molar-refractivity contribution in [2.75, 3.05) is 25.0 Å². The van der Waals surface area contributed by atoms with Crippen LogP contribution >= 0.6 is 23.2 Å². The van der Waals surface area contributed by atoms with Crippen molar-refractivity contribution in [3.8, 4) is 0 Å². The highest BCUT2D eigenvalue weighted by atomic mass is 35.5. The fourth-order valence-electron chi connectivity index (χ4n) is 2.68. The lowest BCUT2D eigenvalue weighted by atomic mass is 10.1. The Morgan fingerprint density at radius 2 is 1.68 bits per heavy atom. The van der Waals surface area contributed by atoms with Gasteiger partial charge in [0.1, 0.15) is 0 Å². The molecule has 0 fully saturated rings. The van der Waals surface area contributed by atoms with Gasteiger partial charge in [0.15, 0.2) is 0 Å². The molecular formula is C21H25Cl2N3O2. The van der Waals surface area contributed by atoms with E-state index in [2.05, 4.69) is 10.6 Å². The summed E-state index contributed by atoms with van der Waals surface area (Å²) in [6.07, 6.45) is 0.834. The zero-order valence-corrected chi connectivity index (χ0v) is 17.6. The highest BCUT2D eigenvalue weighted by molar-refractivity contribution is 6.36. The summed E-state index contributed by atoms with van der Waals surface area (Å²) in [5, 5.41) is 6.53. The van der Waals surface area contributed by atoms with Crippen LogP contribution in [0.15, 0.2) is 42.5 Å². The van der Waals surface area contributed by atoms with E-state index in [1.165, 1.54) is 5.56 Å². The summed E-state index contributed by atoms with van der Waals surface area (Å²) < 4.78 is 0. The Kier molecular flexibility index (Phi) is 8.77. The molecule has 0 radical (unpaired) electrons. The minimum absolute atomic E-state index is 0.102. The lowest BCUT2D eigenvalue weighted by Crippen LogP contribution is -2.41. The Balaban J connectivity index is 1.86. The molecular weight excluding hydrogens is 397 g/mol. The first kappa shape index (κ1) is 22.2. The second-order valence-electron chi connectivity index (χ2n) is 6.65. The van der Waals surface area contributed by atoms with Gasteiger partial charge < -0.3 is 10.6 Å². The molecule has 0 atom stereocenters. The summed E-state index contributed by atoms with van der Waals surface area (Å²) in [5.41, 5.74) is 2.71. The first-order chi connectivity index (χ1) is 13.4. The van der Waals surface area contributed by atoms with E-state index < -0.39 is 0 Å². The maximum atomic E-state index is 12.4. The summed E-state index contributed by atoms with van der Waals surface area (Å²) in [6, 6.07) is 12.9. The molecule has 2 aromatic rings. The maximum absolute atomic E-state index is 12.4. The summed E-state index contributed by atoms with van der Waals surface area (Å²) in [6.45, 7) is 5.38. The van der Waals surface area contributed by atoms with E-state index in [1.807, 2.05) is 43.0 Å². The number of aryl methyl sites for hydroxylation is 1. The molecule has 28 heavy (non-hydrogen) atoms. The molecule has 0 saturated heterocycles. The van der Waals surface area contributed by atoms with E-state index in [0.29, 0.717) is 28.8 Å². The summed E-state index contributed by atoms with van der Waals surface area (Å²) in [5.74, 6) is -0.352. The van der Waals surface area contributed by atoms with Crippen LogP contribution in [0.2, 0.25) is 10.0 Å². The number of nitrogens with zero attached hydrogens (tertiary/aromatic N) is 1. The van der Waals surface area contributed by atoms with Gasteiger partial charge in [-0.05, 0) is 43.7 Å². The number of carbonyl (C=O) groups is 2. The number of rotatable bonds is 9. The first-order valence-electron chi connectivity index (χ1n) is 9.17. The smallest absolute Gasteiger partial charge is 0.238 e. The van der Waals surface area contributed by atoms with E-state index in [0.717, 1.165) is 12.0 Å². The molecule has 2 aromatic carbocycles. The van der Waals surface area contributed by atoms with Gasteiger partial charge in [-0.1, -0.05) is 60.0 Å². The Bertz CT molecular complexity index is 810. The van der Waals surface area contributed by atoms with Gasteiger partial charge in [0, 0.05) is 11.6 Å². The van der Waals surface area contributed by atoms with E-state index in [1.54, 1.807) is 18.2 Å². The van der Waals surface area contributed by atoms with Crippen LogP contribution in [0.5, 0.6) is 0 Å². The SMILES string of the molecule is CCCN(CC(=O)NCc1ccc(C)cc1)CC(=O)Nc1ccc(Cl)cc1Cl. The molecule has 0 aliphatic heterocycles. The van der Waals surface area contributed by atoms with E-state index in [-0.39, 0.29) is 24.9 Å². The molecule has 7 heteroatoms. The molecule has 0 unspecified atom stereocenters. The van der Waals surface area contributed by atoms with Crippen molar-refractivity contribution in [1.29, 1.82) is 0 Å². The van der Waals surface area contributed by atoms with Crippen LogP contribution in [0, 0.1) is 6.92 Å². The zero-order valence-electron chi connectivity index (χ0n) is 16.1. The van der Waals surface area contributed by atoms with Crippen LogP contribution in [-0.2, 0) is 16.1 Å². The lowest BCUT2D eigenvalue weighted by Gasteiger charge is -2.21. The lowest BCUT2D eigenvalue weighted by molar-refractivity contribution is -0.123. The van der Waals surface area contributed by atoms with Crippen LogP contribution in [0.25, 0.3) is 0 Å². The number of amides is 2. The van der Waals surface area contributed by atoms with E-state index >= 15 is 0 Å². The van der Waals surface area contributed by atoms with Gasteiger partial charge in [-0.15, -0.1) is 0 Å². The Hall–Kier alpha value is -2.08. The molecule has 5 nitrogen and oxygen atoms in total. The van der Waals surface area contributed by atoms with Gasteiger partial charge in [0.05, 0.1) is 23.8 Å². The minimum Gasteiger partial charge on any atom is -0.351 e. The normalized spacial score (nSPS) is 10.8. The molecule has 0 bridgehead atoms. The third-order valence-corrected chi connectivity index (χ3v) is 4.64. The Morgan fingerprint density at radius 3 is 2.32 bits per heavy atom. The Labute approximate surface area is 176 Å². The second kappa shape index (κ2) is 11.1. The molecule has 0 aromatic heterocycles. The van der Waals surface area contributed by atoms with Crippen LogP contribution in [0.3, 0.4) is 0 Å². The number of benzene rings is 2. The second-order valence-corrected chi connectivity index (χ2v) is 7.49. The van der Waals surface area contributed by atoms with Crippen molar-refractivity contribution >= 4 is 40.7 Å². The van der Waals surface area contributed by atoms with Gasteiger partial charge in [-0.2, -0.15) is 0 Å². The molecule has 2 rings (SSSR count). The van der Waals surface area contributed by atoms with Crippen molar-refractivity contribution < 1.29 is 9.59 Å². The van der Waals surface area contributed by atoms with Crippen LogP contribution in [0.1, 0.15) is 24.5 Å². The average Bonchev–Trinajstić information content (AvgIpc) is 2.64. The van der Waals surface area contributed by atoms with Gasteiger partial charge in [0.25, 0.3) is 0 Å². The van der Waals surface area contributed by atoms with Crippen molar-refractivity contribution in [1.82, 2.24) is 10.2 Å². The molecule has 150 valence electrons. The van der Waals surface area contributed by atoms with Crippen LogP contribution in [-0.4, -0.2) is 36.3 Å². The molecule has 2 amide bonds. The predicted molar refractivity (Wildman–Crippen MR) is 115 cm³/mol. The first-order valence-corrected chi connectivity index (χ1v) is 9.92. The van der Waals surface area contributed by atoms with Gasteiger partial charge in [0.2, 0.25) is 11.8 Å².